The third kappa shape index (κ3) is 3.65. The molecule has 3 N–H and O–H groups in total. The Kier molecular flexibility index (Phi) is 4.67. The molecule has 0 radical (unpaired) electrons. The SMILES string of the molecule is O=C(NCc1cccc(F)c1)c1cccc(B(O)O)c1F. The lowest BCUT2D eigenvalue weighted by Crippen LogP contribution is -2.35. The lowest BCUT2D eigenvalue weighted by molar-refractivity contribution is 0.0947. The molecular weight excluding hydrogens is 279 g/mol. The van der Waals surface area contributed by atoms with E-state index in [0.717, 1.165) is 0 Å². The molecule has 2 rings (SSSR count). The Bertz CT molecular complexity index is 664. The number of nitrogens with one attached hydrogen (secondary N) is 1. The molecule has 1 amide bonds. The molecule has 4 nitrogen and oxygen atoms in total. The summed E-state index contributed by atoms with van der Waals surface area (Å²) in [5.74, 6) is -2.15. The molecule has 0 fully saturated rings. The minimum Gasteiger partial charge on any atom is -0.423 e. The Labute approximate surface area is 120 Å². The maximum absolute atomic E-state index is 13.9. The van der Waals surface area contributed by atoms with Gasteiger partial charge in [-0.25, -0.2) is 8.78 Å². The van der Waals surface area contributed by atoms with Crippen LogP contribution >= 0.6 is 0 Å². The third-order valence-corrected chi connectivity index (χ3v) is 2.89. The van der Waals surface area contributed by atoms with Crippen LogP contribution in [-0.4, -0.2) is 23.1 Å². The van der Waals surface area contributed by atoms with Crippen molar-refractivity contribution in [3.05, 3.63) is 65.2 Å². The van der Waals surface area contributed by atoms with Gasteiger partial charge in [0.05, 0.1) is 5.56 Å². The maximum Gasteiger partial charge on any atom is 0.491 e. The zero-order valence-electron chi connectivity index (χ0n) is 10.9. The van der Waals surface area contributed by atoms with Gasteiger partial charge in [0.15, 0.2) is 0 Å². The molecule has 7 heteroatoms. The Morgan fingerprint density at radius 3 is 2.52 bits per heavy atom. The molecule has 0 heterocycles. The largest absolute Gasteiger partial charge is 0.491 e. The first-order valence-corrected chi connectivity index (χ1v) is 6.16. The van der Waals surface area contributed by atoms with Crippen molar-refractivity contribution < 1.29 is 23.6 Å². The Morgan fingerprint density at radius 1 is 1.14 bits per heavy atom. The van der Waals surface area contributed by atoms with Crippen molar-refractivity contribution in [2.24, 2.45) is 0 Å². The second kappa shape index (κ2) is 6.47. The molecule has 0 aliphatic heterocycles. The number of carbonyl (C=O) groups excluding carboxylic acids is 1. The summed E-state index contributed by atoms with van der Waals surface area (Å²) in [5, 5.41) is 20.4. The number of carbonyl (C=O) groups is 1. The van der Waals surface area contributed by atoms with E-state index in [2.05, 4.69) is 5.32 Å². The van der Waals surface area contributed by atoms with E-state index in [0.29, 0.717) is 5.56 Å². The number of amides is 1. The van der Waals surface area contributed by atoms with Gasteiger partial charge in [-0.1, -0.05) is 24.3 Å². The summed E-state index contributed by atoms with van der Waals surface area (Å²) in [7, 11) is -2.00. The zero-order chi connectivity index (χ0) is 15.4. The lowest BCUT2D eigenvalue weighted by atomic mass is 9.79. The van der Waals surface area contributed by atoms with E-state index in [9.17, 15) is 13.6 Å². The van der Waals surface area contributed by atoms with Crippen LogP contribution in [0.15, 0.2) is 42.5 Å². The van der Waals surface area contributed by atoms with Crippen molar-refractivity contribution in [2.75, 3.05) is 0 Å². The standard InChI is InChI=1S/C14H12BF2NO3/c16-10-4-1-3-9(7-10)8-18-14(19)11-5-2-6-12(13(11)17)15(20)21/h1-7,20-21H,8H2,(H,18,19). The van der Waals surface area contributed by atoms with Crippen molar-refractivity contribution >= 4 is 18.5 Å². The molecule has 21 heavy (non-hydrogen) atoms. The fraction of sp³-hybridized carbons (Fsp3) is 0.0714. The van der Waals surface area contributed by atoms with E-state index in [-0.39, 0.29) is 17.6 Å². The second-order valence-electron chi connectivity index (χ2n) is 4.40. The van der Waals surface area contributed by atoms with Gasteiger partial charge in [-0.3, -0.25) is 4.79 Å². The van der Waals surface area contributed by atoms with Crippen LogP contribution in [0, 0.1) is 11.6 Å². The minimum absolute atomic E-state index is 0.0297. The summed E-state index contributed by atoms with van der Waals surface area (Å²) in [6.45, 7) is 0.0297. The van der Waals surface area contributed by atoms with Gasteiger partial charge in [0, 0.05) is 12.0 Å². The van der Waals surface area contributed by atoms with Crippen LogP contribution in [0.5, 0.6) is 0 Å². The highest BCUT2D eigenvalue weighted by Crippen LogP contribution is 2.07. The van der Waals surface area contributed by atoms with Crippen molar-refractivity contribution in [1.29, 1.82) is 0 Å². The summed E-state index contributed by atoms with van der Waals surface area (Å²) in [5.41, 5.74) is -0.160. The van der Waals surface area contributed by atoms with Crippen LogP contribution in [0.2, 0.25) is 0 Å². The first-order valence-electron chi connectivity index (χ1n) is 6.16. The van der Waals surface area contributed by atoms with Gasteiger partial charge in [0.1, 0.15) is 11.6 Å². The van der Waals surface area contributed by atoms with Crippen LogP contribution in [0.1, 0.15) is 15.9 Å². The van der Waals surface area contributed by atoms with Crippen LogP contribution in [0.25, 0.3) is 0 Å². The Morgan fingerprint density at radius 2 is 1.86 bits per heavy atom. The predicted octanol–water partition coefficient (Wildman–Crippen LogP) is 0.575. The molecule has 0 atom stereocenters. The smallest absolute Gasteiger partial charge is 0.423 e. The van der Waals surface area contributed by atoms with Crippen molar-refractivity contribution in [3.8, 4) is 0 Å². The highest BCUT2D eigenvalue weighted by atomic mass is 19.1. The summed E-state index contributed by atoms with van der Waals surface area (Å²) in [6.07, 6.45) is 0. The quantitative estimate of drug-likeness (QED) is 0.722. The van der Waals surface area contributed by atoms with Gasteiger partial charge in [0.25, 0.3) is 5.91 Å². The van der Waals surface area contributed by atoms with Crippen LogP contribution in [-0.2, 0) is 6.54 Å². The lowest BCUT2D eigenvalue weighted by Gasteiger charge is -2.09. The normalized spacial score (nSPS) is 10.3. The van der Waals surface area contributed by atoms with Gasteiger partial charge < -0.3 is 15.4 Å². The number of benzene rings is 2. The van der Waals surface area contributed by atoms with E-state index >= 15 is 0 Å². The summed E-state index contributed by atoms with van der Waals surface area (Å²) >= 11 is 0. The van der Waals surface area contributed by atoms with E-state index in [4.69, 9.17) is 10.0 Å². The number of hydrogen-bond donors (Lipinski definition) is 3. The number of rotatable bonds is 4. The van der Waals surface area contributed by atoms with Crippen LogP contribution in [0.4, 0.5) is 8.78 Å². The highest BCUT2D eigenvalue weighted by Gasteiger charge is 2.21. The molecule has 0 aliphatic carbocycles. The molecule has 0 bridgehead atoms. The summed E-state index contributed by atoms with van der Waals surface area (Å²) in [6, 6.07) is 9.38. The van der Waals surface area contributed by atoms with Crippen LogP contribution < -0.4 is 10.8 Å². The molecule has 2 aromatic carbocycles. The van der Waals surface area contributed by atoms with Crippen molar-refractivity contribution in [3.63, 3.8) is 0 Å². The molecule has 2 aromatic rings. The zero-order valence-corrected chi connectivity index (χ0v) is 10.9. The highest BCUT2D eigenvalue weighted by molar-refractivity contribution is 6.58. The van der Waals surface area contributed by atoms with E-state index < -0.39 is 24.7 Å². The molecule has 108 valence electrons. The molecule has 0 aromatic heterocycles. The van der Waals surface area contributed by atoms with Crippen molar-refractivity contribution in [2.45, 2.75) is 6.54 Å². The molecule has 0 spiro atoms. The van der Waals surface area contributed by atoms with Gasteiger partial charge >= 0.3 is 7.12 Å². The van der Waals surface area contributed by atoms with E-state index in [1.165, 1.54) is 36.4 Å². The van der Waals surface area contributed by atoms with E-state index in [1.54, 1.807) is 6.07 Å². The van der Waals surface area contributed by atoms with Gasteiger partial charge in [-0.2, -0.15) is 0 Å². The summed E-state index contributed by atoms with van der Waals surface area (Å²) < 4.78 is 26.9. The Hall–Kier alpha value is -2.25. The topological polar surface area (TPSA) is 69.6 Å². The fourth-order valence-electron chi connectivity index (χ4n) is 1.85. The van der Waals surface area contributed by atoms with Crippen LogP contribution in [0.3, 0.4) is 0 Å². The first-order chi connectivity index (χ1) is 9.99. The first kappa shape index (κ1) is 15.1. The van der Waals surface area contributed by atoms with Crippen molar-refractivity contribution in [1.82, 2.24) is 5.32 Å². The maximum atomic E-state index is 13.9. The number of hydrogen-bond acceptors (Lipinski definition) is 3. The monoisotopic (exact) mass is 291 g/mol. The van der Waals surface area contributed by atoms with E-state index in [1.807, 2.05) is 0 Å². The summed E-state index contributed by atoms with van der Waals surface area (Å²) in [4.78, 5) is 11.9. The molecule has 0 saturated heterocycles. The Balaban J connectivity index is 2.12. The number of halogens is 2. The average Bonchev–Trinajstić information content (AvgIpc) is 2.45. The fourth-order valence-corrected chi connectivity index (χ4v) is 1.85. The molecule has 0 aliphatic rings. The molecular formula is C14H12BF2NO3. The second-order valence-corrected chi connectivity index (χ2v) is 4.40. The third-order valence-electron chi connectivity index (χ3n) is 2.89. The minimum atomic E-state index is -2.00. The van der Waals surface area contributed by atoms with Gasteiger partial charge in [-0.05, 0) is 23.8 Å². The molecule has 0 saturated carbocycles. The average molecular weight is 291 g/mol. The van der Waals surface area contributed by atoms with Gasteiger partial charge in [0.2, 0.25) is 0 Å². The molecule has 0 unspecified atom stereocenters. The predicted molar refractivity (Wildman–Crippen MR) is 73.8 cm³/mol. The van der Waals surface area contributed by atoms with Gasteiger partial charge in [-0.15, -0.1) is 0 Å².